The number of rotatable bonds is 5. The molecule has 0 aliphatic carbocycles. The topological polar surface area (TPSA) is 74.8 Å². The molecule has 0 fully saturated rings. The largest absolute Gasteiger partial charge is 0.269 e. The number of nitrogens with zero attached hydrogens (tertiary/aromatic N) is 2. The summed E-state index contributed by atoms with van der Waals surface area (Å²) in [5, 5.41) is 0. The summed E-state index contributed by atoms with van der Waals surface area (Å²) in [7, 11) is 0. The number of anilines is 2. The van der Waals surface area contributed by atoms with E-state index < -0.39 is 0 Å². The molecule has 0 N–H and O–H groups in total. The lowest BCUT2D eigenvalue weighted by Crippen LogP contribution is -2.29. The highest BCUT2D eigenvalue weighted by Gasteiger charge is 2.27. The highest BCUT2D eigenvalue weighted by atomic mass is 16.2. The first-order valence-corrected chi connectivity index (χ1v) is 11.6. The highest BCUT2D eigenvalue weighted by molar-refractivity contribution is 6.28. The van der Waals surface area contributed by atoms with Gasteiger partial charge in [-0.05, 0) is 78.4 Å². The molecule has 0 atom stereocenters. The van der Waals surface area contributed by atoms with Crippen LogP contribution in [0.15, 0.2) is 85.0 Å². The van der Waals surface area contributed by atoms with Crippen molar-refractivity contribution in [2.45, 2.75) is 26.7 Å². The first-order valence-electron chi connectivity index (χ1n) is 11.6. The SMILES string of the molecule is Cc1cc(C)c(C(c2ccc(N3C(=O)C=CC3=O)cc2)c2ccc(N3C(=O)C=CC3=O)cc2)cc1C. The maximum atomic E-state index is 12.1. The Morgan fingerprint density at radius 3 is 1.25 bits per heavy atom. The van der Waals surface area contributed by atoms with Gasteiger partial charge in [0, 0.05) is 30.2 Å². The Morgan fingerprint density at radius 1 is 0.500 bits per heavy atom. The number of imide groups is 2. The fraction of sp³-hybridized carbons (Fsp3) is 0.133. The van der Waals surface area contributed by atoms with Gasteiger partial charge in [-0.1, -0.05) is 36.4 Å². The molecule has 4 amide bonds. The van der Waals surface area contributed by atoms with Crippen LogP contribution < -0.4 is 9.80 Å². The second-order valence-corrected chi connectivity index (χ2v) is 9.10. The predicted octanol–water partition coefficient (Wildman–Crippen LogP) is 4.65. The van der Waals surface area contributed by atoms with E-state index in [4.69, 9.17) is 0 Å². The summed E-state index contributed by atoms with van der Waals surface area (Å²) in [6, 6.07) is 19.2. The third kappa shape index (κ3) is 3.96. The summed E-state index contributed by atoms with van der Waals surface area (Å²) >= 11 is 0. The minimum Gasteiger partial charge on any atom is -0.269 e. The van der Waals surface area contributed by atoms with Crippen molar-refractivity contribution in [2.24, 2.45) is 0 Å². The van der Waals surface area contributed by atoms with Crippen molar-refractivity contribution in [3.05, 3.63) is 118 Å². The molecule has 2 heterocycles. The van der Waals surface area contributed by atoms with Crippen LogP contribution in [0.2, 0.25) is 0 Å². The van der Waals surface area contributed by atoms with Gasteiger partial charge in [0.2, 0.25) is 0 Å². The number of hydrogen-bond acceptors (Lipinski definition) is 4. The van der Waals surface area contributed by atoms with Gasteiger partial charge in [-0.3, -0.25) is 19.2 Å². The smallest absolute Gasteiger partial charge is 0.258 e. The van der Waals surface area contributed by atoms with Crippen LogP contribution in [0.25, 0.3) is 0 Å². The Bertz CT molecular complexity index is 1360. The van der Waals surface area contributed by atoms with Crippen molar-refractivity contribution in [1.82, 2.24) is 0 Å². The number of amides is 4. The molecule has 0 aromatic heterocycles. The zero-order chi connectivity index (χ0) is 25.6. The van der Waals surface area contributed by atoms with E-state index in [0.29, 0.717) is 11.4 Å². The molecule has 2 aliphatic heterocycles. The van der Waals surface area contributed by atoms with Gasteiger partial charge in [-0.15, -0.1) is 0 Å². The van der Waals surface area contributed by atoms with Crippen LogP contribution in [-0.4, -0.2) is 23.6 Å². The van der Waals surface area contributed by atoms with E-state index in [1.165, 1.54) is 35.4 Å². The van der Waals surface area contributed by atoms with Gasteiger partial charge in [-0.2, -0.15) is 0 Å². The molecule has 0 saturated carbocycles. The maximum absolute atomic E-state index is 12.1. The molecule has 0 bridgehead atoms. The van der Waals surface area contributed by atoms with Crippen LogP contribution in [0.3, 0.4) is 0 Å². The lowest BCUT2D eigenvalue weighted by molar-refractivity contribution is -0.121. The summed E-state index contributed by atoms with van der Waals surface area (Å²) in [5.74, 6) is -1.56. The van der Waals surface area contributed by atoms with Crippen molar-refractivity contribution in [1.29, 1.82) is 0 Å². The zero-order valence-corrected chi connectivity index (χ0v) is 20.2. The van der Waals surface area contributed by atoms with Crippen molar-refractivity contribution in [3.63, 3.8) is 0 Å². The van der Waals surface area contributed by atoms with Gasteiger partial charge < -0.3 is 0 Å². The van der Waals surface area contributed by atoms with E-state index >= 15 is 0 Å². The molecular formula is C30H24N2O4. The van der Waals surface area contributed by atoms with Gasteiger partial charge in [0.15, 0.2) is 0 Å². The molecule has 0 spiro atoms. The molecule has 0 unspecified atom stereocenters. The zero-order valence-electron chi connectivity index (χ0n) is 20.2. The summed E-state index contributed by atoms with van der Waals surface area (Å²) in [4.78, 5) is 50.7. The molecule has 3 aromatic rings. The standard InChI is InChI=1S/C30H24N2O4/c1-18-16-20(3)25(17-19(18)2)30(21-4-8-23(9-5-21)31-26(33)12-13-27(31)34)22-6-10-24(11-7-22)32-28(35)14-15-29(32)36/h4-17,30H,1-3H3. The minimum absolute atomic E-state index is 0.140. The molecule has 5 rings (SSSR count). The van der Waals surface area contributed by atoms with Crippen molar-refractivity contribution in [3.8, 4) is 0 Å². The van der Waals surface area contributed by atoms with E-state index in [1.54, 1.807) is 24.3 Å². The van der Waals surface area contributed by atoms with Crippen molar-refractivity contribution < 1.29 is 19.2 Å². The quantitative estimate of drug-likeness (QED) is 0.397. The predicted molar refractivity (Wildman–Crippen MR) is 138 cm³/mol. The second kappa shape index (κ2) is 8.89. The Hall–Kier alpha value is -4.58. The molecule has 36 heavy (non-hydrogen) atoms. The number of carbonyl (C=O) groups is 4. The van der Waals surface area contributed by atoms with Crippen LogP contribution >= 0.6 is 0 Å². The third-order valence-corrected chi connectivity index (χ3v) is 6.78. The molecule has 2 aliphatic rings. The summed E-state index contributed by atoms with van der Waals surface area (Å²) < 4.78 is 0. The Kier molecular flexibility index (Phi) is 5.72. The fourth-order valence-electron chi connectivity index (χ4n) is 4.79. The second-order valence-electron chi connectivity index (χ2n) is 9.10. The first-order chi connectivity index (χ1) is 17.2. The lowest BCUT2D eigenvalue weighted by Gasteiger charge is -2.24. The van der Waals surface area contributed by atoms with Gasteiger partial charge in [0.1, 0.15) is 0 Å². The summed E-state index contributed by atoms with van der Waals surface area (Å²) in [6.07, 6.45) is 5.07. The average molecular weight is 477 g/mol. The Balaban J connectivity index is 1.57. The van der Waals surface area contributed by atoms with Crippen LogP contribution in [0.4, 0.5) is 11.4 Å². The van der Waals surface area contributed by atoms with Gasteiger partial charge in [0.25, 0.3) is 23.6 Å². The molecule has 0 radical (unpaired) electrons. The number of benzene rings is 3. The van der Waals surface area contributed by atoms with Crippen LogP contribution in [0, 0.1) is 20.8 Å². The molecule has 178 valence electrons. The minimum atomic E-state index is -0.356. The first kappa shape index (κ1) is 23.2. The van der Waals surface area contributed by atoms with E-state index in [1.807, 2.05) is 24.3 Å². The van der Waals surface area contributed by atoms with E-state index in [0.717, 1.165) is 32.1 Å². The van der Waals surface area contributed by atoms with Crippen LogP contribution in [0.1, 0.15) is 39.3 Å². The van der Waals surface area contributed by atoms with Gasteiger partial charge >= 0.3 is 0 Å². The molecule has 0 saturated heterocycles. The third-order valence-electron chi connectivity index (χ3n) is 6.78. The molecule has 6 heteroatoms. The molecular weight excluding hydrogens is 452 g/mol. The normalized spacial score (nSPS) is 15.2. The Labute approximate surface area is 209 Å². The van der Waals surface area contributed by atoms with Crippen molar-refractivity contribution >= 4 is 35.0 Å². The van der Waals surface area contributed by atoms with Crippen molar-refractivity contribution in [2.75, 3.05) is 9.80 Å². The summed E-state index contributed by atoms with van der Waals surface area (Å²) in [5.41, 5.74) is 7.65. The molecule has 6 nitrogen and oxygen atoms in total. The number of aryl methyl sites for hydroxylation is 3. The maximum Gasteiger partial charge on any atom is 0.258 e. The fourth-order valence-corrected chi connectivity index (χ4v) is 4.79. The number of hydrogen-bond donors (Lipinski definition) is 0. The lowest BCUT2D eigenvalue weighted by atomic mass is 9.81. The van der Waals surface area contributed by atoms with E-state index in [9.17, 15) is 19.2 Å². The van der Waals surface area contributed by atoms with E-state index in [-0.39, 0.29) is 29.5 Å². The summed E-state index contributed by atoms with van der Waals surface area (Å²) in [6.45, 7) is 6.25. The Morgan fingerprint density at radius 2 is 0.861 bits per heavy atom. The van der Waals surface area contributed by atoms with Crippen LogP contribution in [-0.2, 0) is 19.2 Å². The monoisotopic (exact) mass is 476 g/mol. The van der Waals surface area contributed by atoms with Gasteiger partial charge in [0.05, 0.1) is 11.4 Å². The average Bonchev–Trinajstić information content (AvgIpc) is 3.38. The highest BCUT2D eigenvalue weighted by Crippen LogP contribution is 2.37. The van der Waals surface area contributed by atoms with Gasteiger partial charge in [-0.25, -0.2) is 9.80 Å². The number of carbonyl (C=O) groups excluding carboxylic acids is 4. The molecule has 3 aromatic carbocycles. The van der Waals surface area contributed by atoms with Crippen LogP contribution in [0.5, 0.6) is 0 Å². The van der Waals surface area contributed by atoms with E-state index in [2.05, 4.69) is 32.9 Å².